The number of amides is 1. The molecule has 0 atom stereocenters. The standard InChI is InChI=1S/C23H17FN4O9S4/c24-18-6-5-15(12-19(18)28(31)32)25-20(29)13-37-23(30)14-9-16(26-40(33,34)21-3-1-7-38-21)11-17(10-14)27-41(35,36)22-4-2-8-39-22/h1-12,26-27H,13H2,(H,25,29). The summed E-state index contributed by atoms with van der Waals surface area (Å²) in [4.78, 5) is 35.0. The van der Waals surface area contributed by atoms with Crippen LogP contribution in [0.5, 0.6) is 0 Å². The molecule has 2 heterocycles. The number of rotatable bonds is 11. The Morgan fingerprint density at radius 3 is 1.90 bits per heavy atom. The molecule has 4 rings (SSSR count). The number of carbonyl (C=O) groups is 2. The molecule has 0 fully saturated rings. The highest BCUT2D eigenvalue weighted by atomic mass is 32.3. The maximum Gasteiger partial charge on any atom is 0.338 e. The molecular weight excluding hydrogens is 624 g/mol. The number of carbonyl (C=O) groups excluding carboxylic acids is 2. The van der Waals surface area contributed by atoms with E-state index >= 15 is 0 Å². The van der Waals surface area contributed by atoms with Crippen LogP contribution in [0, 0.1) is 15.9 Å². The summed E-state index contributed by atoms with van der Waals surface area (Å²) in [6.07, 6.45) is 0. The number of hydrogen-bond acceptors (Lipinski definition) is 11. The first-order valence-corrected chi connectivity index (χ1v) is 15.8. The van der Waals surface area contributed by atoms with Crippen LogP contribution in [0.25, 0.3) is 0 Å². The fourth-order valence-corrected chi connectivity index (χ4v) is 7.32. The molecule has 13 nitrogen and oxygen atoms in total. The van der Waals surface area contributed by atoms with Gasteiger partial charge in [0.05, 0.1) is 21.9 Å². The zero-order chi connectivity index (χ0) is 29.8. The molecule has 214 valence electrons. The molecule has 0 unspecified atom stereocenters. The molecule has 0 saturated carbocycles. The van der Waals surface area contributed by atoms with E-state index in [1.807, 2.05) is 0 Å². The number of nitrogens with one attached hydrogen (secondary N) is 3. The van der Waals surface area contributed by atoms with E-state index in [4.69, 9.17) is 4.74 Å². The van der Waals surface area contributed by atoms with Crippen molar-refractivity contribution in [1.82, 2.24) is 0 Å². The first-order valence-electron chi connectivity index (χ1n) is 11.0. The molecule has 0 aliphatic heterocycles. The monoisotopic (exact) mass is 640 g/mol. The Labute approximate surface area is 239 Å². The van der Waals surface area contributed by atoms with Crippen molar-refractivity contribution < 1.29 is 40.5 Å². The predicted octanol–water partition coefficient (Wildman–Crippen LogP) is 4.25. The molecule has 1 amide bonds. The van der Waals surface area contributed by atoms with Crippen LogP contribution in [-0.4, -0.2) is 40.2 Å². The van der Waals surface area contributed by atoms with Gasteiger partial charge in [0, 0.05) is 11.8 Å². The number of benzene rings is 2. The number of halogens is 1. The second kappa shape index (κ2) is 12.0. The first-order chi connectivity index (χ1) is 19.3. The van der Waals surface area contributed by atoms with E-state index in [1.54, 1.807) is 0 Å². The minimum absolute atomic E-state index is 0.0381. The van der Waals surface area contributed by atoms with Crippen molar-refractivity contribution in [3.8, 4) is 0 Å². The summed E-state index contributed by atoms with van der Waals surface area (Å²) in [6, 6.07) is 11.7. The Hall–Kier alpha value is -4.39. The summed E-state index contributed by atoms with van der Waals surface area (Å²) < 4.78 is 73.9. The van der Waals surface area contributed by atoms with E-state index in [0.29, 0.717) is 0 Å². The summed E-state index contributed by atoms with van der Waals surface area (Å²) in [6.45, 7) is -0.884. The number of nitro groups is 1. The van der Waals surface area contributed by atoms with E-state index in [0.717, 1.165) is 59.1 Å². The lowest BCUT2D eigenvalue weighted by molar-refractivity contribution is -0.387. The van der Waals surface area contributed by atoms with Gasteiger partial charge in [0.25, 0.3) is 26.0 Å². The van der Waals surface area contributed by atoms with Crippen molar-refractivity contribution in [3.05, 3.63) is 92.9 Å². The van der Waals surface area contributed by atoms with Gasteiger partial charge in [-0.1, -0.05) is 12.1 Å². The van der Waals surface area contributed by atoms with Crippen LogP contribution >= 0.6 is 22.7 Å². The van der Waals surface area contributed by atoms with Crippen molar-refractivity contribution >= 4 is 77.3 Å². The fourth-order valence-electron chi connectivity index (χ4n) is 3.25. The zero-order valence-electron chi connectivity index (χ0n) is 20.3. The number of ether oxygens (including phenoxy) is 1. The summed E-state index contributed by atoms with van der Waals surface area (Å²) in [5.41, 5.74) is -1.68. The highest BCUT2D eigenvalue weighted by Crippen LogP contribution is 2.27. The minimum atomic E-state index is -4.09. The molecule has 3 N–H and O–H groups in total. The summed E-state index contributed by atoms with van der Waals surface area (Å²) in [5.74, 6) is -3.16. The second-order valence-corrected chi connectivity index (χ2v) is 13.6. The van der Waals surface area contributed by atoms with Crippen molar-refractivity contribution in [3.63, 3.8) is 0 Å². The fraction of sp³-hybridized carbons (Fsp3) is 0.0435. The van der Waals surface area contributed by atoms with Crippen molar-refractivity contribution in [1.29, 1.82) is 0 Å². The lowest BCUT2D eigenvalue weighted by Crippen LogP contribution is -2.21. The molecule has 4 aromatic rings. The molecule has 18 heteroatoms. The van der Waals surface area contributed by atoms with Crippen molar-refractivity contribution in [2.45, 2.75) is 8.42 Å². The van der Waals surface area contributed by atoms with E-state index in [9.17, 15) is 40.9 Å². The topological polar surface area (TPSA) is 191 Å². The van der Waals surface area contributed by atoms with Crippen LogP contribution in [0.1, 0.15) is 10.4 Å². The third-order valence-corrected chi connectivity index (χ3v) is 10.5. The van der Waals surface area contributed by atoms with Gasteiger partial charge in [-0.3, -0.25) is 24.4 Å². The number of thiophene rings is 2. The number of anilines is 3. The summed E-state index contributed by atoms with van der Waals surface area (Å²) in [7, 11) is -8.17. The lowest BCUT2D eigenvalue weighted by Gasteiger charge is -2.13. The van der Waals surface area contributed by atoms with Gasteiger partial charge in [0.2, 0.25) is 5.82 Å². The van der Waals surface area contributed by atoms with Crippen molar-refractivity contribution in [2.75, 3.05) is 21.4 Å². The second-order valence-electron chi connectivity index (χ2n) is 7.92. The Kier molecular flexibility index (Phi) is 8.66. The number of esters is 1. The van der Waals surface area contributed by atoms with Crippen LogP contribution < -0.4 is 14.8 Å². The summed E-state index contributed by atoms with van der Waals surface area (Å²) in [5, 5.41) is 16.2. The maximum atomic E-state index is 13.5. The highest BCUT2D eigenvalue weighted by Gasteiger charge is 2.21. The maximum absolute atomic E-state index is 13.5. The number of nitrogens with zero attached hydrogens (tertiary/aromatic N) is 1. The van der Waals surface area contributed by atoms with Gasteiger partial charge < -0.3 is 10.1 Å². The average Bonchev–Trinajstić information content (AvgIpc) is 3.63. The molecule has 0 radical (unpaired) electrons. The third kappa shape index (κ3) is 7.42. The molecule has 41 heavy (non-hydrogen) atoms. The van der Waals surface area contributed by atoms with Crippen LogP contribution in [0.4, 0.5) is 27.1 Å². The molecule has 0 aliphatic carbocycles. The molecule has 2 aromatic heterocycles. The molecule has 2 aromatic carbocycles. The van der Waals surface area contributed by atoms with E-state index in [1.165, 1.54) is 35.0 Å². The molecule has 0 aliphatic rings. The minimum Gasteiger partial charge on any atom is -0.452 e. The SMILES string of the molecule is O=C(COC(=O)c1cc(NS(=O)(=O)c2cccs2)cc(NS(=O)(=O)c2cccs2)c1)Nc1ccc(F)c([N+](=O)[O-])c1. The van der Waals surface area contributed by atoms with Crippen LogP contribution in [-0.2, 0) is 29.6 Å². The molecule has 0 saturated heterocycles. The van der Waals surface area contributed by atoms with Gasteiger partial charge in [0.1, 0.15) is 8.42 Å². The van der Waals surface area contributed by atoms with E-state index in [-0.39, 0.29) is 31.0 Å². The molecule has 0 spiro atoms. The smallest absolute Gasteiger partial charge is 0.338 e. The zero-order valence-corrected chi connectivity index (χ0v) is 23.5. The van der Waals surface area contributed by atoms with Gasteiger partial charge in [-0.05, 0) is 53.2 Å². The van der Waals surface area contributed by atoms with Gasteiger partial charge in [-0.25, -0.2) is 21.6 Å². The van der Waals surface area contributed by atoms with Gasteiger partial charge in [-0.15, -0.1) is 22.7 Å². The number of nitro benzene ring substituents is 1. The Morgan fingerprint density at radius 1 is 0.854 bits per heavy atom. The predicted molar refractivity (Wildman–Crippen MR) is 149 cm³/mol. The van der Waals surface area contributed by atoms with Gasteiger partial charge in [-0.2, -0.15) is 4.39 Å². The van der Waals surface area contributed by atoms with Crippen molar-refractivity contribution in [2.24, 2.45) is 0 Å². The van der Waals surface area contributed by atoms with E-state index < -0.39 is 55.0 Å². The highest BCUT2D eigenvalue weighted by molar-refractivity contribution is 7.95. The largest absolute Gasteiger partial charge is 0.452 e. The van der Waals surface area contributed by atoms with Gasteiger partial charge in [0.15, 0.2) is 6.61 Å². The van der Waals surface area contributed by atoms with Crippen LogP contribution in [0.3, 0.4) is 0 Å². The lowest BCUT2D eigenvalue weighted by atomic mass is 10.2. The first kappa shape index (κ1) is 29.6. The quantitative estimate of drug-likeness (QED) is 0.122. The molecular formula is C23H17FN4O9S4. The Balaban J connectivity index is 1.55. The van der Waals surface area contributed by atoms with Crippen LogP contribution in [0.2, 0.25) is 0 Å². The van der Waals surface area contributed by atoms with Gasteiger partial charge >= 0.3 is 11.7 Å². The van der Waals surface area contributed by atoms with Crippen LogP contribution in [0.15, 0.2) is 79.8 Å². The average molecular weight is 641 g/mol. The van der Waals surface area contributed by atoms with E-state index in [2.05, 4.69) is 14.8 Å². The normalized spacial score (nSPS) is 11.4. The number of hydrogen-bond donors (Lipinski definition) is 3. The Bertz CT molecular complexity index is 1740. The third-order valence-electron chi connectivity index (χ3n) is 4.95. The Morgan fingerprint density at radius 2 is 1.41 bits per heavy atom. The molecule has 0 bridgehead atoms. The number of sulfonamides is 2. The summed E-state index contributed by atoms with van der Waals surface area (Å²) >= 11 is 1.86.